The topological polar surface area (TPSA) is 41.6 Å². The van der Waals surface area contributed by atoms with E-state index in [4.69, 9.17) is 0 Å². The number of hydrogen-bond acceptors (Lipinski definition) is 3. The maximum absolute atomic E-state index is 4.22. The number of aromatic nitrogens is 3. The minimum Gasteiger partial charge on any atom is -0.285 e. The molecule has 0 radical (unpaired) electrons. The zero-order valence-corrected chi connectivity index (χ0v) is 8.97. The first-order valence-electron chi connectivity index (χ1n) is 3.64. The molecule has 2 rings (SSSR count). The predicted molar refractivity (Wildman–Crippen MR) is 54.6 cm³/mol. The lowest BCUT2D eigenvalue weighted by Crippen LogP contribution is -1.78. The molecule has 0 saturated carbocycles. The molecule has 0 aliphatic carbocycles. The normalized spacial score (nSPS) is 10.2. The number of nitrogens with one attached hydrogen (secondary N) is 1. The number of H-pyrrole nitrogens is 1. The SMILES string of the molecule is Brc1ccc(Sc2cc[nH]n2)nc1. The van der Waals surface area contributed by atoms with Gasteiger partial charge in [-0.1, -0.05) is 0 Å². The van der Waals surface area contributed by atoms with Gasteiger partial charge in [-0.2, -0.15) is 5.10 Å². The minimum absolute atomic E-state index is 0.926. The van der Waals surface area contributed by atoms with Crippen LogP contribution in [0.4, 0.5) is 0 Å². The highest BCUT2D eigenvalue weighted by Crippen LogP contribution is 2.23. The molecule has 2 aromatic heterocycles. The van der Waals surface area contributed by atoms with Gasteiger partial charge in [0, 0.05) is 16.9 Å². The smallest absolute Gasteiger partial charge is 0.124 e. The molecule has 13 heavy (non-hydrogen) atoms. The van der Waals surface area contributed by atoms with E-state index >= 15 is 0 Å². The molecule has 3 nitrogen and oxygen atoms in total. The van der Waals surface area contributed by atoms with Crippen LogP contribution in [-0.4, -0.2) is 15.2 Å². The van der Waals surface area contributed by atoms with Crippen molar-refractivity contribution in [1.82, 2.24) is 15.2 Å². The van der Waals surface area contributed by atoms with E-state index in [1.807, 2.05) is 18.2 Å². The molecule has 0 atom stereocenters. The van der Waals surface area contributed by atoms with E-state index in [1.165, 1.54) is 11.8 Å². The van der Waals surface area contributed by atoms with Gasteiger partial charge in [-0.15, -0.1) is 0 Å². The Morgan fingerprint density at radius 3 is 2.77 bits per heavy atom. The van der Waals surface area contributed by atoms with Crippen molar-refractivity contribution in [3.05, 3.63) is 35.1 Å². The molecule has 2 heterocycles. The second-order valence-corrected chi connectivity index (χ2v) is 4.29. The van der Waals surface area contributed by atoms with Crippen LogP contribution in [0.3, 0.4) is 0 Å². The maximum Gasteiger partial charge on any atom is 0.124 e. The summed E-state index contributed by atoms with van der Waals surface area (Å²) in [6.07, 6.45) is 3.57. The van der Waals surface area contributed by atoms with Gasteiger partial charge < -0.3 is 0 Å². The fourth-order valence-electron chi connectivity index (χ4n) is 0.833. The van der Waals surface area contributed by atoms with Gasteiger partial charge in [0.1, 0.15) is 10.1 Å². The molecule has 0 amide bonds. The van der Waals surface area contributed by atoms with E-state index in [-0.39, 0.29) is 0 Å². The van der Waals surface area contributed by atoms with Crippen LogP contribution in [-0.2, 0) is 0 Å². The molecule has 0 unspecified atom stereocenters. The van der Waals surface area contributed by atoms with Crippen molar-refractivity contribution in [3.63, 3.8) is 0 Å². The van der Waals surface area contributed by atoms with Crippen LogP contribution in [0, 0.1) is 0 Å². The quantitative estimate of drug-likeness (QED) is 0.898. The van der Waals surface area contributed by atoms with Gasteiger partial charge in [0.25, 0.3) is 0 Å². The first-order chi connectivity index (χ1) is 6.34. The van der Waals surface area contributed by atoms with Gasteiger partial charge >= 0.3 is 0 Å². The van der Waals surface area contributed by atoms with Gasteiger partial charge in [0.2, 0.25) is 0 Å². The van der Waals surface area contributed by atoms with Gasteiger partial charge in [-0.3, -0.25) is 5.10 Å². The number of rotatable bonds is 2. The number of nitrogens with zero attached hydrogens (tertiary/aromatic N) is 2. The highest BCUT2D eigenvalue weighted by molar-refractivity contribution is 9.10. The lowest BCUT2D eigenvalue weighted by Gasteiger charge is -1.95. The van der Waals surface area contributed by atoms with Crippen LogP contribution in [0.1, 0.15) is 0 Å². The Bertz CT molecular complexity index is 371. The van der Waals surface area contributed by atoms with Crippen molar-refractivity contribution in [3.8, 4) is 0 Å². The standard InChI is InChI=1S/C8H6BrN3S/c9-6-1-2-7(10-5-6)13-8-3-4-11-12-8/h1-5H,(H,11,12). The van der Waals surface area contributed by atoms with Gasteiger partial charge in [-0.05, 0) is 45.9 Å². The Morgan fingerprint density at radius 2 is 2.15 bits per heavy atom. The molecule has 5 heteroatoms. The van der Waals surface area contributed by atoms with E-state index in [9.17, 15) is 0 Å². The van der Waals surface area contributed by atoms with Gasteiger partial charge in [0.15, 0.2) is 0 Å². The molecule has 1 N–H and O–H groups in total. The molecule has 0 saturated heterocycles. The Balaban J connectivity index is 2.15. The zero-order valence-electron chi connectivity index (χ0n) is 6.57. The molecule has 0 fully saturated rings. The number of hydrogen-bond donors (Lipinski definition) is 1. The Hall–Kier alpha value is -0.810. The van der Waals surface area contributed by atoms with Crippen LogP contribution in [0.5, 0.6) is 0 Å². The Morgan fingerprint density at radius 1 is 1.23 bits per heavy atom. The molecule has 0 spiro atoms. The van der Waals surface area contributed by atoms with Crippen molar-refractivity contribution in [1.29, 1.82) is 0 Å². The van der Waals surface area contributed by atoms with Crippen LogP contribution in [0.25, 0.3) is 0 Å². The summed E-state index contributed by atoms with van der Waals surface area (Å²) in [4.78, 5) is 4.22. The summed E-state index contributed by atoms with van der Waals surface area (Å²) in [7, 11) is 0. The first-order valence-corrected chi connectivity index (χ1v) is 5.25. The minimum atomic E-state index is 0.926. The summed E-state index contributed by atoms with van der Waals surface area (Å²) in [5, 5.41) is 8.64. The molecule has 0 bridgehead atoms. The Labute approximate surface area is 88.1 Å². The number of aromatic amines is 1. The molecule has 2 aromatic rings. The van der Waals surface area contributed by atoms with E-state index in [1.54, 1.807) is 12.4 Å². The summed E-state index contributed by atoms with van der Waals surface area (Å²) in [5.74, 6) is 0. The molecule has 0 aromatic carbocycles. The molecular formula is C8H6BrN3S. The van der Waals surface area contributed by atoms with Crippen molar-refractivity contribution < 1.29 is 0 Å². The highest BCUT2D eigenvalue weighted by atomic mass is 79.9. The number of pyridine rings is 1. The summed E-state index contributed by atoms with van der Waals surface area (Å²) in [6.45, 7) is 0. The molecular weight excluding hydrogens is 250 g/mol. The number of halogens is 1. The summed E-state index contributed by atoms with van der Waals surface area (Å²) in [6, 6.07) is 5.82. The van der Waals surface area contributed by atoms with Crippen LogP contribution < -0.4 is 0 Å². The van der Waals surface area contributed by atoms with E-state index in [2.05, 4.69) is 31.1 Å². The van der Waals surface area contributed by atoms with Gasteiger partial charge in [0.05, 0.1) is 0 Å². The first kappa shape index (κ1) is 8.77. The second kappa shape index (κ2) is 3.93. The van der Waals surface area contributed by atoms with Crippen molar-refractivity contribution in [2.75, 3.05) is 0 Å². The fourth-order valence-corrected chi connectivity index (χ4v) is 1.76. The van der Waals surface area contributed by atoms with Crippen LogP contribution in [0.2, 0.25) is 0 Å². The maximum atomic E-state index is 4.22. The molecule has 66 valence electrons. The van der Waals surface area contributed by atoms with E-state index in [0.717, 1.165) is 14.5 Å². The average Bonchev–Trinajstić information content (AvgIpc) is 2.62. The molecule has 0 aliphatic heterocycles. The van der Waals surface area contributed by atoms with Crippen molar-refractivity contribution >= 4 is 27.7 Å². The van der Waals surface area contributed by atoms with Crippen LogP contribution in [0.15, 0.2) is 45.1 Å². The largest absolute Gasteiger partial charge is 0.285 e. The van der Waals surface area contributed by atoms with E-state index < -0.39 is 0 Å². The van der Waals surface area contributed by atoms with E-state index in [0.29, 0.717) is 0 Å². The summed E-state index contributed by atoms with van der Waals surface area (Å²) < 4.78 is 0.985. The monoisotopic (exact) mass is 255 g/mol. The Kier molecular flexibility index (Phi) is 2.65. The highest BCUT2D eigenvalue weighted by Gasteiger charge is 1.99. The lowest BCUT2D eigenvalue weighted by molar-refractivity contribution is 0.997. The summed E-state index contributed by atoms with van der Waals surface area (Å²) >= 11 is 4.86. The fraction of sp³-hybridized carbons (Fsp3) is 0. The average molecular weight is 256 g/mol. The molecule has 0 aliphatic rings. The third-order valence-corrected chi connectivity index (χ3v) is 2.74. The lowest BCUT2D eigenvalue weighted by atomic mass is 10.5. The second-order valence-electron chi connectivity index (χ2n) is 2.33. The third kappa shape index (κ3) is 2.32. The van der Waals surface area contributed by atoms with Crippen molar-refractivity contribution in [2.45, 2.75) is 10.1 Å². The predicted octanol–water partition coefficient (Wildman–Crippen LogP) is 2.72. The van der Waals surface area contributed by atoms with Crippen LogP contribution >= 0.6 is 27.7 Å². The van der Waals surface area contributed by atoms with Crippen molar-refractivity contribution in [2.24, 2.45) is 0 Å². The van der Waals surface area contributed by atoms with Gasteiger partial charge in [-0.25, -0.2) is 4.98 Å². The third-order valence-electron chi connectivity index (χ3n) is 1.38. The zero-order chi connectivity index (χ0) is 9.10. The summed E-state index contributed by atoms with van der Waals surface area (Å²) in [5.41, 5.74) is 0.